The molecule has 0 bridgehead atoms. The van der Waals surface area contributed by atoms with E-state index in [0.29, 0.717) is 11.4 Å². The smallest absolute Gasteiger partial charge is 0.177 e. The minimum atomic E-state index is 0.433. The lowest BCUT2D eigenvalue weighted by molar-refractivity contribution is 0.631. The standard InChI is InChI=1S/C13H9IN2O/c14-10-7-16-13(15)12-9(10)6-11(17-12)8-4-2-1-3-5-8/h1-7H,(H2,15,16). The molecule has 0 aliphatic heterocycles. The van der Waals surface area contributed by atoms with Crippen molar-refractivity contribution >= 4 is 39.4 Å². The number of fused-ring (bicyclic) bond motifs is 1. The third-order valence-electron chi connectivity index (χ3n) is 2.60. The fourth-order valence-electron chi connectivity index (χ4n) is 1.76. The predicted octanol–water partition coefficient (Wildman–Crippen LogP) is 3.68. The number of hydrogen-bond acceptors (Lipinski definition) is 3. The van der Waals surface area contributed by atoms with E-state index in [9.17, 15) is 0 Å². The molecule has 0 radical (unpaired) electrons. The molecule has 0 amide bonds. The molecule has 3 aromatic rings. The van der Waals surface area contributed by atoms with Crippen molar-refractivity contribution in [1.82, 2.24) is 4.98 Å². The molecule has 0 saturated heterocycles. The zero-order chi connectivity index (χ0) is 11.8. The highest BCUT2D eigenvalue weighted by Crippen LogP contribution is 2.32. The van der Waals surface area contributed by atoms with Crippen molar-refractivity contribution < 1.29 is 4.42 Å². The number of nitrogen functional groups attached to an aromatic ring is 1. The molecule has 2 N–H and O–H groups in total. The molecule has 1 aromatic carbocycles. The van der Waals surface area contributed by atoms with Crippen molar-refractivity contribution in [2.45, 2.75) is 0 Å². The Morgan fingerprint density at radius 3 is 2.65 bits per heavy atom. The van der Waals surface area contributed by atoms with E-state index in [1.807, 2.05) is 36.4 Å². The molecule has 0 saturated carbocycles. The monoisotopic (exact) mass is 336 g/mol. The topological polar surface area (TPSA) is 52.0 Å². The van der Waals surface area contributed by atoms with Crippen LogP contribution in [0.15, 0.2) is 47.0 Å². The van der Waals surface area contributed by atoms with Gasteiger partial charge in [-0.05, 0) is 28.7 Å². The van der Waals surface area contributed by atoms with Gasteiger partial charge in [-0.25, -0.2) is 4.98 Å². The average Bonchev–Trinajstić information content (AvgIpc) is 2.81. The summed E-state index contributed by atoms with van der Waals surface area (Å²) in [7, 11) is 0. The summed E-state index contributed by atoms with van der Waals surface area (Å²) < 4.78 is 6.81. The van der Waals surface area contributed by atoms with Crippen LogP contribution in [0.4, 0.5) is 5.82 Å². The van der Waals surface area contributed by atoms with E-state index in [2.05, 4.69) is 27.6 Å². The van der Waals surface area contributed by atoms with Crippen molar-refractivity contribution in [1.29, 1.82) is 0 Å². The molecule has 0 unspecified atom stereocenters. The number of nitrogens with zero attached hydrogens (tertiary/aromatic N) is 1. The summed E-state index contributed by atoms with van der Waals surface area (Å²) in [6.45, 7) is 0. The maximum absolute atomic E-state index is 5.81. The van der Waals surface area contributed by atoms with Gasteiger partial charge in [-0.2, -0.15) is 0 Å². The number of hydrogen-bond donors (Lipinski definition) is 1. The molecule has 2 aromatic heterocycles. The van der Waals surface area contributed by atoms with Gasteiger partial charge in [0.1, 0.15) is 5.76 Å². The lowest BCUT2D eigenvalue weighted by atomic mass is 10.1. The highest BCUT2D eigenvalue weighted by Gasteiger charge is 2.11. The number of rotatable bonds is 1. The largest absolute Gasteiger partial charge is 0.452 e. The zero-order valence-electron chi connectivity index (χ0n) is 8.85. The summed E-state index contributed by atoms with van der Waals surface area (Å²) in [5, 5.41) is 1.01. The number of halogens is 1. The van der Waals surface area contributed by atoms with Crippen molar-refractivity contribution in [3.63, 3.8) is 0 Å². The number of furan rings is 1. The Labute approximate surface area is 112 Å². The summed E-state index contributed by atoms with van der Waals surface area (Å²) in [5.41, 5.74) is 7.51. The van der Waals surface area contributed by atoms with Gasteiger partial charge in [-0.15, -0.1) is 0 Å². The first-order valence-electron chi connectivity index (χ1n) is 5.14. The summed E-state index contributed by atoms with van der Waals surface area (Å²) >= 11 is 2.23. The highest BCUT2D eigenvalue weighted by atomic mass is 127. The van der Waals surface area contributed by atoms with Gasteiger partial charge in [0.2, 0.25) is 0 Å². The Bertz CT molecular complexity index is 637. The third kappa shape index (κ3) is 1.78. The Morgan fingerprint density at radius 1 is 1.18 bits per heavy atom. The van der Waals surface area contributed by atoms with Crippen LogP contribution in [0.5, 0.6) is 0 Å². The SMILES string of the molecule is Nc1ncc(I)c2cc(-c3ccccc3)oc12. The summed E-state index contributed by atoms with van der Waals surface area (Å²) in [5.74, 6) is 1.25. The van der Waals surface area contributed by atoms with Gasteiger partial charge in [0.25, 0.3) is 0 Å². The molecular weight excluding hydrogens is 327 g/mol. The summed E-state index contributed by atoms with van der Waals surface area (Å²) in [6.07, 6.45) is 1.75. The molecule has 0 atom stereocenters. The van der Waals surface area contributed by atoms with Gasteiger partial charge >= 0.3 is 0 Å². The highest BCUT2D eigenvalue weighted by molar-refractivity contribution is 14.1. The second-order valence-corrected chi connectivity index (χ2v) is 4.87. The lowest BCUT2D eigenvalue weighted by Gasteiger charge is -1.95. The normalized spacial score (nSPS) is 10.9. The summed E-state index contributed by atoms with van der Waals surface area (Å²) in [4.78, 5) is 4.09. The Balaban J connectivity index is 2.27. The average molecular weight is 336 g/mol. The van der Waals surface area contributed by atoms with Crippen LogP contribution in [0, 0.1) is 3.57 Å². The van der Waals surface area contributed by atoms with Gasteiger partial charge in [-0.3, -0.25) is 0 Å². The number of benzene rings is 1. The van der Waals surface area contributed by atoms with Crippen LogP contribution in [-0.4, -0.2) is 4.98 Å². The van der Waals surface area contributed by atoms with Gasteiger partial charge in [0, 0.05) is 20.7 Å². The maximum atomic E-state index is 5.81. The molecule has 0 fully saturated rings. The third-order valence-corrected chi connectivity index (χ3v) is 3.46. The van der Waals surface area contributed by atoms with E-state index < -0.39 is 0 Å². The van der Waals surface area contributed by atoms with Crippen molar-refractivity contribution in [3.8, 4) is 11.3 Å². The molecule has 2 heterocycles. The molecule has 0 aliphatic carbocycles. The van der Waals surface area contributed by atoms with Gasteiger partial charge in [0.05, 0.1) is 0 Å². The number of anilines is 1. The maximum Gasteiger partial charge on any atom is 0.177 e. The number of aromatic nitrogens is 1. The van der Waals surface area contributed by atoms with E-state index in [-0.39, 0.29) is 0 Å². The van der Waals surface area contributed by atoms with Crippen molar-refractivity contribution in [2.24, 2.45) is 0 Å². The predicted molar refractivity (Wildman–Crippen MR) is 76.6 cm³/mol. The molecule has 0 spiro atoms. The molecule has 4 heteroatoms. The Kier molecular flexibility index (Phi) is 2.51. The first kappa shape index (κ1) is 10.6. The second-order valence-electron chi connectivity index (χ2n) is 3.71. The van der Waals surface area contributed by atoms with Gasteiger partial charge in [0.15, 0.2) is 11.4 Å². The second kappa shape index (κ2) is 4.03. The lowest BCUT2D eigenvalue weighted by Crippen LogP contribution is -1.90. The fraction of sp³-hybridized carbons (Fsp3) is 0. The van der Waals surface area contributed by atoms with Gasteiger partial charge in [-0.1, -0.05) is 30.3 Å². The Hall–Kier alpha value is -1.56. The summed E-state index contributed by atoms with van der Waals surface area (Å²) in [6, 6.07) is 12.0. The molecule has 17 heavy (non-hydrogen) atoms. The molecule has 3 nitrogen and oxygen atoms in total. The van der Waals surface area contributed by atoms with Crippen LogP contribution in [0.3, 0.4) is 0 Å². The molecule has 3 rings (SSSR count). The van der Waals surface area contributed by atoms with Crippen LogP contribution in [0.1, 0.15) is 0 Å². The zero-order valence-corrected chi connectivity index (χ0v) is 11.0. The van der Waals surface area contributed by atoms with Crippen LogP contribution < -0.4 is 5.73 Å². The van der Waals surface area contributed by atoms with Crippen LogP contribution in [0.2, 0.25) is 0 Å². The van der Waals surface area contributed by atoms with E-state index in [1.165, 1.54) is 0 Å². The Morgan fingerprint density at radius 2 is 1.94 bits per heavy atom. The van der Waals surface area contributed by atoms with E-state index in [0.717, 1.165) is 20.3 Å². The number of nitrogens with two attached hydrogens (primary N) is 1. The fourth-order valence-corrected chi connectivity index (χ4v) is 2.30. The first-order valence-corrected chi connectivity index (χ1v) is 6.22. The quantitative estimate of drug-likeness (QED) is 0.690. The van der Waals surface area contributed by atoms with E-state index in [1.54, 1.807) is 6.20 Å². The molecular formula is C13H9IN2O. The van der Waals surface area contributed by atoms with Crippen LogP contribution >= 0.6 is 22.6 Å². The van der Waals surface area contributed by atoms with E-state index in [4.69, 9.17) is 10.2 Å². The van der Waals surface area contributed by atoms with Crippen LogP contribution in [0.25, 0.3) is 22.3 Å². The molecule has 0 aliphatic rings. The van der Waals surface area contributed by atoms with Crippen molar-refractivity contribution in [3.05, 3.63) is 46.2 Å². The van der Waals surface area contributed by atoms with E-state index >= 15 is 0 Å². The van der Waals surface area contributed by atoms with Crippen LogP contribution in [-0.2, 0) is 0 Å². The number of pyridine rings is 1. The minimum Gasteiger partial charge on any atom is -0.452 e. The first-order chi connectivity index (χ1) is 8.25. The minimum absolute atomic E-state index is 0.433. The molecule has 84 valence electrons. The van der Waals surface area contributed by atoms with Crippen molar-refractivity contribution in [2.75, 3.05) is 5.73 Å². The van der Waals surface area contributed by atoms with Gasteiger partial charge < -0.3 is 10.2 Å².